The van der Waals surface area contributed by atoms with E-state index >= 15 is 0 Å². The average Bonchev–Trinajstić information content (AvgIpc) is 2.94. The highest BCUT2D eigenvalue weighted by molar-refractivity contribution is 6.35. The van der Waals surface area contributed by atoms with Crippen LogP contribution >= 0.6 is 11.6 Å². The summed E-state index contributed by atoms with van der Waals surface area (Å²) in [5.41, 5.74) is 5.81. The fraction of sp³-hybridized carbons (Fsp3) is 0.600. The lowest BCUT2D eigenvalue weighted by Gasteiger charge is -2.16. The van der Waals surface area contributed by atoms with Crippen LogP contribution in [0, 0.1) is 5.92 Å². The van der Waals surface area contributed by atoms with Crippen molar-refractivity contribution in [1.29, 1.82) is 0 Å². The Hall–Kier alpha value is -1.27. The quantitative estimate of drug-likeness (QED) is 0.663. The van der Waals surface area contributed by atoms with Crippen molar-refractivity contribution in [2.75, 3.05) is 25.4 Å². The van der Waals surface area contributed by atoms with Gasteiger partial charge in [0.05, 0.1) is 0 Å². The molecule has 0 unspecified atom stereocenters. The molecule has 0 bridgehead atoms. The van der Waals surface area contributed by atoms with Gasteiger partial charge in [-0.05, 0) is 18.9 Å². The lowest BCUT2D eigenvalue weighted by molar-refractivity contribution is 0.0777. The first-order valence-electron chi connectivity index (χ1n) is 5.69. The van der Waals surface area contributed by atoms with Gasteiger partial charge in [-0.25, -0.2) is 0 Å². The Labute approximate surface area is 103 Å². The van der Waals surface area contributed by atoms with Crippen molar-refractivity contribution in [3.05, 3.63) is 10.7 Å². The van der Waals surface area contributed by atoms with Crippen molar-refractivity contribution in [3.8, 4) is 0 Å². The third-order valence-electron chi connectivity index (χ3n) is 3.60. The molecule has 6 nitrogen and oxygen atoms in total. The van der Waals surface area contributed by atoms with Gasteiger partial charge >= 0.3 is 0 Å². The zero-order chi connectivity index (χ0) is 12.0. The topological polar surface area (TPSA) is 87.0 Å². The number of nitrogens with two attached hydrogens (primary N) is 1. The normalized spacial score (nSPS) is 27.5. The van der Waals surface area contributed by atoms with Crippen LogP contribution in [-0.4, -0.2) is 46.7 Å². The number of nitrogen functional groups attached to an aromatic ring is 1. The lowest BCUT2D eigenvalue weighted by atomic mass is 10.1. The van der Waals surface area contributed by atoms with Crippen molar-refractivity contribution in [3.63, 3.8) is 0 Å². The molecule has 3 heterocycles. The molecule has 1 aromatic rings. The van der Waals surface area contributed by atoms with Gasteiger partial charge in [0, 0.05) is 19.1 Å². The summed E-state index contributed by atoms with van der Waals surface area (Å²) in [6.45, 7) is 2.57. The van der Waals surface area contributed by atoms with Crippen molar-refractivity contribution >= 4 is 23.3 Å². The molecular weight excluding hydrogens is 242 g/mol. The molecule has 2 atom stereocenters. The van der Waals surface area contributed by atoms with E-state index < -0.39 is 0 Å². The standard InChI is InChI=1S/C10H14ClN5O/c11-7-8(14-15-9(7)12)10(17)16-3-5-1-2-13-6(5)4-16/h5-6,13H,1-4H2,(H3,12,14,15)/t5-,6+/m0/s1. The molecule has 0 aromatic carbocycles. The Balaban J connectivity index is 1.78. The Bertz CT molecular complexity index is 448. The highest BCUT2D eigenvalue weighted by atomic mass is 35.5. The molecule has 0 saturated carbocycles. The molecule has 4 N–H and O–H groups in total. The highest BCUT2D eigenvalue weighted by Gasteiger charge is 2.39. The van der Waals surface area contributed by atoms with E-state index in [0.717, 1.165) is 26.1 Å². The summed E-state index contributed by atoms with van der Waals surface area (Å²) >= 11 is 5.92. The lowest BCUT2D eigenvalue weighted by Crippen LogP contribution is -2.34. The number of carbonyl (C=O) groups is 1. The van der Waals surface area contributed by atoms with Crippen molar-refractivity contribution < 1.29 is 4.79 Å². The van der Waals surface area contributed by atoms with Gasteiger partial charge in [-0.2, -0.15) is 5.10 Å². The zero-order valence-electron chi connectivity index (χ0n) is 9.24. The number of aromatic amines is 1. The first kappa shape index (κ1) is 10.9. The number of H-pyrrole nitrogens is 1. The molecule has 1 amide bonds. The maximum absolute atomic E-state index is 12.2. The van der Waals surface area contributed by atoms with Crippen molar-refractivity contribution in [2.24, 2.45) is 5.92 Å². The summed E-state index contributed by atoms with van der Waals surface area (Å²) in [5.74, 6) is 0.626. The van der Waals surface area contributed by atoms with Crippen LogP contribution in [-0.2, 0) is 0 Å². The van der Waals surface area contributed by atoms with Crippen LogP contribution in [0.1, 0.15) is 16.9 Å². The first-order chi connectivity index (χ1) is 8.16. The monoisotopic (exact) mass is 255 g/mol. The minimum atomic E-state index is -0.115. The molecule has 2 aliphatic heterocycles. The summed E-state index contributed by atoms with van der Waals surface area (Å²) in [4.78, 5) is 14.0. The maximum atomic E-state index is 12.2. The summed E-state index contributed by atoms with van der Waals surface area (Å²) in [7, 11) is 0. The number of amides is 1. The van der Waals surface area contributed by atoms with Gasteiger partial charge < -0.3 is 16.0 Å². The van der Waals surface area contributed by atoms with Crippen molar-refractivity contribution in [1.82, 2.24) is 20.4 Å². The Morgan fingerprint density at radius 1 is 1.53 bits per heavy atom. The molecule has 2 saturated heterocycles. The molecule has 17 heavy (non-hydrogen) atoms. The number of fused-ring (bicyclic) bond motifs is 1. The number of carbonyl (C=O) groups excluding carboxylic acids is 1. The summed E-state index contributed by atoms with van der Waals surface area (Å²) in [5, 5.41) is 9.96. The number of likely N-dealkylation sites (tertiary alicyclic amines) is 1. The van der Waals surface area contributed by atoms with Gasteiger partial charge in [-0.1, -0.05) is 11.6 Å². The second-order valence-corrected chi connectivity index (χ2v) is 5.00. The van der Waals surface area contributed by atoms with Gasteiger partial charge in [0.1, 0.15) is 10.7 Å². The number of nitrogens with one attached hydrogen (secondary N) is 2. The van der Waals surface area contributed by atoms with Crippen molar-refractivity contribution in [2.45, 2.75) is 12.5 Å². The second-order valence-electron chi connectivity index (χ2n) is 4.62. The SMILES string of the molecule is Nc1n[nH]c(C(=O)N2C[C@@H]3CCN[C@@H]3C2)c1Cl. The van der Waals surface area contributed by atoms with Crippen LogP contribution < -0.4 is 11.1 Å². The molecule has 0 radical (unpaired) electrons. The number of aromatic nitrogens is 2. The number of rotatable bonds is 1. The van der Waals surface area contributed by atoms with E-state index in [-0.39, 0.29) is 16.7 Å². The summed E-state index contributed by atoms with van der Waals surface area (Å²) < 4.78 is 0. The van der Waals surface area contributed by atoms with Crippen LogP contribution in [0.4, 0.5) is 5.82 Å². The minimum Gasteiger partial charge on any atom is -0.381 e. The van der Waals surface area contributed by atoms with E-state index in [4.69, 9.17) is 17.3 Å². The first-order valence-corrected chi connectivity index (χ1v) is 6.06. The van der Waals surface area contributed by atoms with Crippen LogP contribution in [0.15, 0.2) is 0 Å². The zero-order valence-corrected chi connectivity index (χ0v) is 10.00. The molecule has 3 rings (SSSR count). The molecule has 2 fully saturated rings. The largest absolute Gasteiger partial charge is 0.381 e. The van der Waals surface area contributed by atoms with Gasteiger partial charge in [0.2, 0.25) is 0 Å². The third-order valence-corrected chi connectivity index (χ3v) is 3.98. The minimum absolute atomic E-state index is 0.115. The van der Waals surface area contributed by atoms with E-state index in [9.17, 15) is 4.79 Å². The molecule has 1 aromatic heterocycles. The number of nitrogens with zero attached hydrogens (tertiary/aromatic N) is 2. The van der Waals surface area contributed by atoms with E-state index in [1.165, 1.54) is 0 Å². The van der Waals surface area contributed by atoms with Gasteiger partial charge in [-0.3, -0.25) is 9.89 Å². The third kappa shape index (κ3) is 1.68. The molecule has 7 heteroatoms. The molecular formula is C10H14ClN5O. The Morgan fingerprint density at radius 2 is 2.35 bits per heavy atom. The van der Waals surface area contributed by atoms with E-state index in [1.54, 1.807) is 4.90 Å². The predicted molar refractivity (Wildman–Crippen MR) is 63.8 cm³/mol. The predicted octanol–water partition coefficient (Wildman–Crippen LogP) is 0.0792. The molecule has 0 spiro atoms. The van der Waals surface area contributed by atoms with E-state index in [1.807, 2.05) is 0 Å². The van der Waals surface area contributed by atoms with Gasteiger partial charge in [-0.15, -0.1) is 0 Å². The van der Waals surface area contributed by atoms with E-state index in [0.29, 0.717) is 17.7 Å². The van der Waals surface area contributed by atoms with Gasteiger partial charge in [0.15, 0.2) is 5.82 Å². The van der Waals surface area contributed by atoms with Crippen LogP contribution in [0.5, 0.6) is 0 Å². The maximum Gasteiger partial charge on any atom is 0.273 e. The van der Waals surface area contributed by atoms with Gasteiger partial charge in [0.25, 0.3) is 5.91 Å². The second kappa shape index (κ2) is 3.89. The number of hydrogen-bond acceptors (Lipinski definition) is 4. The Kier molecular flexibility index (Phi) is 2.48. The number of halogens is 1. The number of anilines is 1. The average molecular weight is 256 g/mol. The Morgan fingerprint density at radius 3 is 3.00 bits per heavy atom. The number of hydrogen-bond donors (Lipinski definition) is 3. The summed E-state index contributed by atoms with van der Waals surface area (Å²) in [6, 6.07) is 0.429. The van der Waals surface area contributed by atoms with Crippen LogP contribution in [0.2, 0.25) is 5.02 Å². The van der Waals surface area contributed by atoms with Crippen LogP contribution in [0.3, 0.4) is 0 Å². The highest BCUT2D eigenvalue weighted by Crippen LogP contribution is 2.28. The fourth-order valence-electron chi connectivity index (χ4n) is 2.66. The van der Waals surface area contributed by atoms with E-state index in [2.05, 4.69) is 15.5 Å². The molecule has 92 valence electrons. The summed E-state index contributed by atoms with van der Waals surface area (Å²) in [6.07, 6.45) is 1.13. The van der Waals surface area contributed by atoms with Crippen LogP contribution in [0.25, 0.3) is 0 Å². The molecule has 0 aliphatic carbocycles. The fourth-order valence-corrected chi connectivity index (χ4v) is 2.82. The smallest absolute Gasteiger partial charge is 0.273 e. The molecule has 2 aliphatic rings.